The van der Waals surface area contributed by atoms with E-state index in [-0.39, 0.29) is 6.10 Å². The van der Waals surface area contributed by atoms with Gasteiger partial charge in [-0.3, -0.25) is 0 Å². The van der Waals surface area contributed by atoms with Gasteiger partial charge in [0.05, 0.1) is 0 Å². The van der Waals surface area contributed by atoms with E-state index in [9.17, 15) is 0 Å². The molecule has 0 heterocycles. The zero-order valence-corrected chi connectivity index (χ0v) is 11.8. The van der Waals surface area contributed by atoms with E-state index in [4.69, 9.17) is 4.74 Å². The van der Waals surface area contributed by atoms with Crippen LogP contribution in [-0.2, 0) is 0 Å². The number of thioether (sulfide) groups is 1. The van der Waals surface area contributed by atoms with Crippen LogP contribution in [0.5, 0.6) is 5.75 Å². The Labute approximate surface area is 109 Å². The molecule has 96 valence electrons. The maximum atomic E-state index is 5.93. The van der Waals surface area contributed by atoms with Gasteiger partial charge in [0.25, 0.3) is 0 Å². The minimum Gasteiger partial charge on any atom is -0.488 e. The summed E-state index contributed by atoms with van der Waals surface area (Å²) in [6, 6.07) is 8.20. The molecule has 1 atom stereocenters. The van der Waals surface area contributed by atoms with Crippen molar-refractivity contribution in [1.82, 2.24) is 5.32 Å². The van der Waals surface area contributed by atoms with Gasteiger partial charge >= 0.3 is 0 Å². The van der Waals surface area contributed by atoms with Crippen LogP contribution in [0.2, 0.25) is 0 Å². The fourth-order valence-corrected chi connectivity index (χ4v) is 2.11. The minimum atomic E-state index is 0.208. The van der Waals surface area contributed by atoms with Crippen LogP contribution >= 0.6 is 11.8 Å². The molecule has 1 rings (SSSR count). The zero-order valence-electron chi connectivity index (χ0n) is 11.0. The summed E-state index contributed by atoms with van der Waals surface area (Å²) in [7, 11) is 0. The van der Waals surface area contributed by atoms with Gasteiger partial charge in [-0.15, -0.1) is 11.8 Å². The van der Waals surface area contributed by atoms with Gasteiger partial charge in [-0.1, -0.05) is 25.5 Å². The number of benzene rings is 1. The van der Waals surface area contributed by atoms with Gasteiger partial charge in [0.2, 0.25) is 0 Å². The fourth-order valence-electron chi connectivity index (χ4n) is 1.58. The van der Waals surface area contributed by atoms with E-state index in [0.717, 1.165) is 18.8 Å². The minimum absolute atomic E-state index is 0.208. The molecular formula is C14H23NOS. The number of hydrogen-bond acceptors (Lipinski definition) is 3. The van der Waals surface area contributed by atoms with Gasteiger partial charge in [0.1, 0.15) is 11.9 Å². The lowest BCUT2D eigenvalue weighted by atomic mass is 10.3. The summed E-state index contributed by atoms with van der Waals surface area (Å²) in [4.78, 5) is 1.20. The van der Waals surface area contributed by atoms with E-state index < -0.39 is 0 Å². The van der Waals surface area contributed by atoms with Gasteiger partial charge < -0.3 is 10.1 Å². The van der Waals surface area contributed by atoms with Crippen LogP contribution in [-0.4, -0.2) is 25.4 Å². The van der Waals surface area contributed by atoms with Crippen molar-refractivity contribution in [2.45, 2.75) is 37.7 Å². The number of rotatable bonds is 8. The van der Waals surface area contributed by atoms with Crippen molar-refractivity contribution in [3.63, 3.8) is 0 Å². The second-order valence-corrected chi connectivity index (χ2v) is 4.99. The maximum Gasteiger partial charge on any atom is 0.133 e. The predicted molar refractivity (Wildman–Crippen MR) is 76.1 cm³/mol. The number of para-hydroxylation sites is 1. The van der Waals surface area contributed by atoms with Crippen LogP contribution in [0.3, 0.4) is 0 Å². The molecule has 0 saturated heterocycles. The number of nitrogens with one attached hydrogen (secondary N) is 1. The average molecular weight is 253 g/mol. The quantitative estimate of drug-likeness (QED) is 0.565. The highest BCUT2D eigenvalue weighted by Crippen LogP contribution is 2.27. The van der Waals surface area contributed by atoms with Crippen molar-refractivity contribution in [2.24, 2.45) is 0 Å². The average Bonchev–Trinajstić information content (AvgIpc) is 2.35. The normalized spacial score (nSPS) is 12.4. The first kappa shape index (κ1) is 14.4. The molecule has 2 nitrogen and oxygen atoms in total. The third kappa shape index (κ3) is 5.46. The summed E-state index contributed by atoms with van der Waals surface area (Å²) in [6.07, 6.45) is 4.75. The summed E-state index contributed by atoms with van der Waals surface area (Å²) in [5, 5.41) is 3.41. The SMILES string of the molecule is CCCCNCC(C)Oc1ccccc1SC. The molecule has 0 saturated carbocycles. The fraction of sp³-hybridized carbons (Fsp3) is 0.571. The van der Waals surface area contributed by atoms with Crippen LogP contribution in [0.15, 0.2) is 29.2 Å². The molecule has 0 aromatic heterocycles. The molecule has 0 bridgehead atoms. The summed E-state index contributed by atoms with van der Waals surface area (Å²) in [5.41, 5.74) is 0. The maximum absolute atomic E-state index is 5.93. The van der Waals surface area contributed by atoms with Crippen molar-refractivity contribution < 1.29 is 4.74 Å². The lowest BCUT2D eigenvalue weighted by molar-refractivity contribution is 0.212. The Morgan fingerprint density at radius 1 is 1.35 bits per heavy atom. The van der Waals surface area contributed by atoms with E-state index in [1.807, 2.05) is 18.2 Å². The molecule has 17 heavy (non-hydrogen) atoms. The second-order valence-electron chi connectivity index (χ2n) is 4.14. The molecule has 0 radical (unpaired) electrons. The Bertz CT molecular complexity index is 317. The van der Waals surface area contributed by atoms with Gasteiger partial charge in [0.15, 0.2) is 0 Å². The Morgan fingerprint density at radius 2 is 2.12 bits per heavy atom. The first-order chi connectivity index (χ1) is 8.27. The van der Waals surface area contributed by atoms with Gasteiger partial charge in [-0.05, 0) is 38.3 Å². The molecule has 0 aliphatic carbocycles. The van der Waals surface area contributed by atoms with Crippen LogP contribution in [0.1, 0.15) is 26.7 Å². The van der Waals surface area contributed by atoms with Crippen molar-refractivity contribution >= 4 is 11.8 Å². The molecule has 1 aromatic carbocycles. The van der Waals surface area contributed by atoms with E-state index in [1.54, 1.807) is 11.8 Å². The molecule has 0 aliphatic heterocycles. The summed E-state index contributed by atoms with van der Waals surface area (Å²) >= 11 is 1.72. The molecular weight excluding hydrogens is 230 g/mol. The summed E-state index contributed by atoms with van der Waals surface area (Å²) in [5.74, 6) is 0.991. The molecule has 1 unspecified atom stereocenters. The van der Waals surface area contributed by atoms with Crippen molar-refractivity contribution in [2.75, 3.05) is 19.3 Å². The molecule has 1 aromatic rings. The van der Waals surface area contributed by atoms with E-state index in [1.165, 1.54) is 17.7 Å². The van der Waals surface area contributed by atoms with Gasteiger partial charge in [0, 0.05) is 11.4 Å². The molecule has 0 fully saturated rings. The van der Waals surface area contributed by atoms with E-state index >= 15 is 0 Å². The van der Waals surface area contributed by atoms with Crippen LogP contribution in [0.4, 0.5) is 0 Å². The predicted octanol–water partition coefficient (Wildman–Crippen LogP) is 3.57. The second kappa shape index (κ2) is 8.43. The lowest BCUT2D eigenvalue weighted by Gasteiger charge is -2.17. The van der Waals surface area contributed by atoms with Crippen LogP contribution in [0.25, 0.3) is 0 Å². The number of hydrogen-bond donors (Lipinski definition) is 1. The lowest BCUT2D eigenvalue weighted by Crippen LogP contribution is -2.29. The molecule has 0 aliphatic rings. The Hall–Kier alpha value is -0.670. The highest BCUT2D eigenvalue weighted by atomic mass is 32.2. The largest absolute Gasteiger partial charge is 0.488 e. The topological polar surface area (TPSA) is 21.3 Å². The van der Waals surface area contributed by atoms with E-state index in [0.29, 0.717) is 0 Å². The summed E-state index contributed by atoms with van der Waals surface area (Å²) < 4.78 is 5.93. The van der Waals surface area contributed by atoms with Gasteiger partial charge in [-0.2, -0.15) is 0 Å². The molecule has 1 N–H and O–H groups in total. The number of unbranched alkanes of at least 4 members (excludes halogenated alkanes) is 1. The smallest absolute Gasteiger partial charge is 0.133 e. The highest BCUT2D eigenvalue weighted by molar-refractivity contribution is 7.98. The third-order valence-electron chi connectivity index (χ3n) is 2.54. The molecule has 0 spiro atoms. The monoisotopic (exact) mass is 253 g/mol. The standard InChI is InChI=1S/C14H23NOS/c1-4-5-10-15-11-12(2)16-13-8-6-7-9-14(13)17-3/h6-9,12,15H,4-5,10-11H2,1-3H3. The first-order valence-electron chi connectivity index (χ1n) is 6.28. The number of ether oxygens (including phenoxy) is 1. The highest BCUT2D eigenvalue weighted by Gasteiger charge is 2.06. The molecule has 3 heteroatoms. The van der Waals surface area contributed by atoms with Crippen LogP contribution < -0.4 is 10.1 Å². The Kier molecular flexibility index (Phi) is 7.13. The summed E-state index contributed by atoms with van der Waals surface area (Å²) in [6.45, 7) is 6.30. The Balaban J connectivity index is 2.36. The molecule has 0 amide bonds. The Morgan fingerprint density at radius 3 is 2.82 bits per heavy atom. The van der Waals surface area contributed by atoms with E-state index in [2.05, 4.69) is 31.5 Å². The van der Waals surface area contributed by atoms with Crippen molar-refractivity contribution in [3.05, 3.63) is 24.3 Å². The van der Waals surface area contributed by atoms with Gasteiger partial charge in [-0.25, -0.2) is 0 Å². The third-order valence-corrected chi connectivity index (χ3v) is 3.31. The first-order valence-corrected chi connectivity index (χ1v) is 7.50. The zero-order chi connectivity index (χ0) is 12.5. The van der Waals surface area contributed by atoms with Crippen LogP contribution in [0, 0.1) is 0 Å². The van der Waals surface area contributed by atoms with Crippen molar-refractivity contribution in [3.8, 4) is 5.75 Å². The van der Waals surface area contributed by atoms with Crippen molar-refractivity contribution in [1.29, 1.82) is 0 Å².